The highest BCUT2D eigenvalue weighted by Crippen LogP contribution is 2.38. The van der Waals surface area contributed by atoms with Gasteiger partial charge in [-0.05, 0) is 56.7 Å². The number of rotatable bonds is 5. The van der Waals surface area contributed by atoms with E-state index in [4.69, 9.17) is 21.1 Å². The third-order valence-electron chi connectivity index (χ3n) is 5.01. The van der Waals surface area contributed by atoms with Crippen LogP contribution in [0.5, 0.6) is 5.75 Å². The molecular weight excluding hydrogens is 480 g/mol. The smallest absolute Gasteiger partial charge is 0.428 e. The Bertz CT molecular complexity index is 1340. The second-order valence-corrected chi connectivity index (χ2v) is 9.31. The second-order valence-electron chi connectivity index (χ2n) is 8.90. The van der Waals surface area contributed by atoms with Gasteiger partial charge in [-0.1, -0.05) is 48.0 Å². The maximum Gasteiger partial charge on any atom is 0.514 e. The molecule has 0 fully saturated rings. The van der Waals surface area contributed by atoms with Crippen molar-refractivity contribution in [2.45, 2.75) is 32.4 Å². The highest BCUT2D eigenvalue weighted by Gasteiger charge is 2.24. The number of fused-ring (bicyclic) bond motifs is 1. The average Bonchev–Trinajstić information content (AvgIpc) is 2.85. The van der Waals surface area contributed by atoms with Crippen LogP contribution in [0.2, 0.25) is 5.02 Å². The number of halogens is 1. The van der Waals surface area contributed by atoms with Crippen LogP contribution in [0.4, 0.5) is 15.3 Å². The van der Waals surface area contributed by atoms with Crippen molar-refractivity contribution in [3.05, 3.63) is 95.4 Å². The number of hydrogen-bond donors (Lipinski definition) is 2. The molecule has 0 saturated carbocycles. The summed E-state index contributed by atoms with van der Waals surface area (Å²) < 4.78 is 10.8. The first kappa shape index (κ1) is 24.9. The van der Waals surface area contributed by atoms with Crippen LogP contribution < -0.4 is 15.4 Å². The van der Waals surface area contributed by atoms with Crippen molar-refractivity contribution in [3.63, 3.8) is 0 Å². The number of carbonyl (C=O) groups is 2. The number of urea groups is 1. The molecule has 2 aromatic heterocycles. The van der Waals surface area contributed by atoms with E-state index in [1.54, 1.807) is 45.2 Å². The Morgan fingerprint density at radius 3 is 2.36 bits per heavy atom. The van der Waals surface area contributed by atoms with Crippen molar-refractivity contribution < 1.29 is 19.1 Å². The first-order valence-corrected chi connectivity index (χ1v) is 11.6. The van der Waals surface area contributed by atoms with Crippen LogP contribution in [-0.4, -0.2) is 27.8 Å². The van der Waals surface area contributed by atoms with Crippen LogP contribution in [0.1, 0.15) is 38.1 Å². The van der Waals surface area contributed by atoms with Gasteiger partial charge in [0.15, 0.2) is 5.75 Å². The summed E-state index contributed by atoms with van der Waals surface area (Å²) in [5.41, 5.74) is 1.18. The molecule has 2 heterocycles. The van der Waals surface area contributed by atoms with Crippen molar-refractivity contribution >= 4 is 40.4 Å². The molecule has 0 radical (unpaired) electrons. The maximum absolute atomic E-state index is 13.2. The molecule has 0 aliphatic heterocycles. The fourth-order valence-corrected chi connectivity index (χ4v) is 3.80. The Labute approximate surface area is 213 Å². The predicted molar refractivity (Wildman–Crippen MR) is 138 cm³/mol. The van der Waals surface area contributed by atoms with E-state index < -0.39 is 23.8 Å². The summed E-state index contributed by atoms with van der Waals surface area (Å²) in [6.07, 6.45) is 2.26. The number of aromatic nitrogens is 2. The number of carbonyl (C=O) groups excluding carboxylic acids is 2. The number of benzene rings is 2. The Morgan fingerprint density at radius 1 is 0.944 bits per heavy atom. The van der Waals surface area contributed by atoms with Gasteiger partial charge in [-0.25, -0.2) is 9.59 Å². The summed E-state index contributed by atoms with van der Waals surface area (Å²) in [6.45, 7) is 5.17. The summed E-state index contributed by atoms with van der Waals surface area (Å²) in [4.78, 5) is 34.4. The minimum atomic E-state index is -0.934. The summed E-state index contributed by atoms with van der Waals surface area (Å²) >= 11 is 6.46. The highest BCUT2D eigenvalue weighted by atomic mass is 35.5. The molecule has 9 heteroatoms. The minimum Gasteiger partial charge on any atom is -0.428 e. The van der Waals surface area contributed by atoms with Crippen LogP contribution in [0.25, 0.3) is 10.9 Å². The molecule has 2 amide bonds. The zero-order chi connectivity index (χ0) is 25.7. The lowest BCUT2D eigenvalue weighted by atomic mass is 10.0. The van der Waals surface area contributed by atoms with Crippen molar-refractivity contribution in [2.24, 2.45) is 0 Å². The van der Waals surface area contributed by atoms with Crippen LogP contribution in [0.15, 0.2) is 79.1 Å². The molecule has 0 aliphatic carbocycles. The number of hydrogen-bond acceptors (Lipinski definition) is 6. The Kier molecular flexibility index (Phi) is 7.36. The van der Waals surface area contributed by atoms with E-state index in [1.807, 2.05) is 42.5 Å². The van der Waals surface area contributed by atoms with Crippen LogP contribution >= 0.6 is 11.6 Å². The van der Waals surface area contributed by atoms with E-state index in [2.05, 4.69) is 20.6 Å². The lowest BCUT2D eigenvalue weighted by Gasteiger charge is -2.21. The lowest BCUT2D eigenvalue weighted by molar-refractivity contribution is 0.0210. The molecule has 8 nitrogen and oxygen atoms in total. The van der Waals surface area contributed by atoms with Crippen LogP contribution in [0.3, 0.4) is 0 Å². The van der Waals surface area contributed by atoms with Crippen molar-refractivity contribution in [1.29, 1.82) is 0 Å². The van der Waals surface area contributed by atoms with Crippen molar-refractivity contribution in [1.82, 2.24) is 15.3 Å². The largest absolute Gasteiger partial charge is 0.514 e. The number of ether oxygens (including phenoxy) is 2. The maximum atomic E-state index is 13.2. The molecule has 1 unspecified atom stereocenters. The standard InChI is InChI=1S/C27H25ClN4O4/c1-27(2,3)36-26(34)35-24-21(16-19(28)18-12-9-15-30-23(18)24)31-25(33)32-22(17-10-5-4-6-11-17)20-13-7-8-14-29-20/h4-16,22H,1-3H3,(H2,31,32,33). The third kappa shape index (κ3) is 6.09. The molecule has 2 aromatic carbocycles. The summed E-state index contributed by atoms with van der Waals surface area (Å²) in [7, 11) is 0. The molecule has 0 bridgehead atoms. The van der Waals surface area contributed by atoms with Crippen LogP contribution in [0, 0.1) is 0 Å². The van der Waals surface area contributed by atoms with Crippen molar-refractivity contribution in [3.8, 4) is 5.75 Å². The van der Waals surface area contributed by atoms with Gasteiger partial charge >= 0.3 is 12.2 Å². The Morgan fingerprint density at radius 2 is 1.67 bits per heavy atom. The number of nitrogens with zero attached hydrogens (tertiary/aromatic N) is 2. The molecular formula is C27H25ClN4O4. The molecule has 0 saturated heterocycles. The van der Waals surface area contributed by atoms with Gasteiger partial charge in [-0.15, -0.1) is 0 Å². The summed E-state index contributed by atoms with van der Waals surface area (Å²) in [5, 5.41) is 6.57. The number of amides is 2. The summed E-state index contributed by atoms with van der Waals surface area (Å²) in [5.74, 6) is 0.0218. The first-order chi connectivity index (χ1) is 17.2. The van der Waals surface area contributed by atoms with E-state index in [9.17, 15) is 9.59 Å². The van der Waals surface area contributed by atoms with E-state index in [0.29, 0.717) is 21.6 Å². The van der Waals surface area contributed by atoms with Gasteiger partial charge in [0.05, 0.1) is 22.4 Å². The monoisotopic (exact) mass is 504 g/mol. The molecule has 36 heavy (non-hydrogen) atoms. The van der Waals surface area contributed by atoms with E-state index >= 15 is 0 Å². The number of anilines is 1. The molecule has 0 spiro atoms. The second kappa shape index (κ2) is 10.6. The number of nitrogens with one attached hydrogen (secondary N) is 2. The van der Waals surface area contributed by atoms with Gasteiger partial charge in [-0.2, -0.15) is 0 Å². The average molecular weight is 505 g/mol. The van der Waals surface area contributed by atoms with Gasteiger partial charge in [0, 0.05) is 17.8 Å². The van der Waals surface area contributed by atoms with E-state index in [-0.39, 0.29) is 11.4 Å². The number of pyridine rings is 2. The summed E-state index contributed by atoms with van der Waals surface area (Å²) in [6, 6.07) is 18.8. The Balaban J connectivity index is 1.67. The predicted octanol–water partition coefficient (Wildman–Crippen LogP) is 6.51. The quantitative estimate of drug-likeness (QED) is 0.237. The SMILES string of the molecule is CC(C)(C)OC(=O)Oc1c(NC(=O)NC(c2ccccc2)c2ccccn2)cc(Cl)c2cccnc12. The fourth-order valence-electron chi connectivity index (χ4n) is 3.54. The first-order valence-electron chi connectivity index (χ1n) is 11.2. The van der Waals surface area contributed by atoms with Crippen molar-refractivity contribution in [2.75, 3.05) is 5.32 Å². The third-order valence-corrected chi connectivity index (χ3v) is 5.32. The van der Waals surface area contributed by atoms with Crippen LogP contribution in [-0.2, 0) is 4.74 Å². The van der Waals surface area contributed by atoms with Gasteiger partial charge in [0.2, 0.25) is 0 Å². The van der Waals surface area contributed by atoms with Gasteiger partial charge in [0.25, 0.3) is 0 Å². The lowest BCUT2D eigenvalue weighted by Crippen LogP contribution is -2.34. The van der Waals surface area contributed by atoms with Gasteiger partial charge in [-0.3, -0.25) is 9.97 Å². The van der Waals surface area contributed by atoms with E-state index in [0.717, 1.165) is 5.56 Å². The molecule has 1 atom stereocenters. The zero-order valence-corrected chi connectivity index (χ0v) is 20.7. The molecule has 184 valence electrons. The van der Waals surface area contributed by atoms with E-state index in [1.165, 1.54) is 12.3 Å². The normalized spacial score (nSPS) is 12.0. The Hall–Kier alpha value is -4.17. The minimum absolute atomic E-state index is 0.0218. The fraction of sp³-hybridized carbons (Fsp3) is 0.185. The molecule has 4 aromatic rings. The topological polar surface area (TPSA) is 102 Å². The van der Waals surface area contributed by atoms with Gasteiger partial charge < -0.3 is 20.1 Å². The van der Waals surface area contributed by atoms with Gasteiger partial charge in [0.1, 0.15) is 11.1 Å². The molecule has 0 aliphatic rings. The highest BCUT2D eigenvalue weighted by molar-refractivity contribution is 6.36. The molecule has 4 rings (SSSR count). The molecule has 2 N–H and O–H groups in total. The zero-order valence-electron chi connectivity index (χ0n) is 20.0.